The van der Waals surface area contributed by atoms with Crippen LogP contribution in [0.5, 0.6) is 0 Å². The zero-order valence-corrected chi connectivity index (χ0v) is 28.0. The summed E-state index contributed by atoms with van der Waals surface area (Å²) < 4.78 is 8.83. The summed E-state index contributed by atoms with van der Waals surface area (Å²) in [5, 5.41) is 4.55. The van der Waals surface area contributed by atoms with Crippen molar-refractivity contribution in [1.29, 1.82) is 0 Å². The molecule has 0 amide bonds. The second kappa shape index (κ2) is 12.0. The van der Waals surface area contributed by atoms with E-state index >= 15 is 0 Å². The highest BCUT2D eigenvalue weighted by Crippen LogP contribution is 2.41. The first-order valence-electron chi connectivity index (χ1n) is 17.3. The van der Waals surface area contributed by atoms with Crippen LogP contribution in [0, 0.1) is 6.57 Å². The Balaban J connectivity index is 1.24. The average molecular weight is 664 g/mol. The lowest BCUT2D eigenvalue weighted by molar-refractivity contribution is 0.670. The van der Waals surface area contributed by atoms with E-state index in [1.807, 2.05) is 54.6 Å². The molecule has 0 radical (unpaired) electrons. The highest BCUT2D eigenvalue weighted by atomic mass is 16.3. The topological polar surface area (TPSA) is 35.3 Å². The predicted octanol–water partition coefficient (Wildman–Crippen LogP) is 13.3. The summed E-state index contributed by atoms with van der Waals surface area (Å²) in [6.45, 7) is 7.98. The van der Waals surface area contributed by atoms with Crippen molar-refractivity contribution < 1.29 is 4.42 Å². The van der Waals surface area contributed by atoms with Gasteiger partial charge in [0.1, 0.15) is 11.2 Å². The van der Waals surface area contributed by atoms with Gasteiger partial charge >= 0.3 is 0 Å². The van der Waals surface area contributed by atoms with Crippen LogP contribution in [-0.4, -0.2) is 9.55 Å². The van der Waals surface area contributed by atoms with Gasteiger partial charge in [0.25, 0.3) is 0 Å². The smallest absolute Gasteiger partial charge is 0.194 e. The molecule has 10 aromatic rings. The quantitative estimate of drug-likeness (QED) is 0.172. The molecule has 4 nitrogen and oxygen atoms in total. The van der Waals surface area contributed by atoms with Crippen molar-refractivity contribution in [2.24, 2.45) is 0 Å². The highest BCUT2D eigenvalue weighted by molar-refractivity contribution is 6.13. The van der Waals surface area contributed by atoms with Gasteiger partial charge in [-0.2, -0.15) is 0 Å². The molecule has 0 unspecified atom stereocenters. The highest BCUT2D eigenvalue weighted by Gasteiger charge is 2.18. The lowest BCUT2D eigenvalue weighted by Gasteiger charge is -2.15. The van der Waals surface area contributed by atoms with E-state index in [9.17, 15) is 0 Å². The Morgan fingerprint density at radius 1 is 0.462 bits per heavy atom. The lowest BCUT2D eigenvalue weighted by atomic mass is 9.98. The fourth-order valence-corrected chi connectivity index (χ4v) is 7.61. The molecule has 4 heteroatoms. The number of hydrogen-bond donors (Lipinski definition) is 0. The number of rotatable bonds is 5. The van der Waals surface area contributed by atoms with Crippen molar-refractivity contribution >= 4 is 49.4 Å². The molecule has 0 aliphatic carbocycles. The van der Waals surface area contributed by atoms with Crippen molar-refractivity contribution in [3.05, 3.63) is 187 Å². The molecule has 0 spiro atoms. The van der Waals surface area contributed by atoms with Gasteiger partial charge in [-0.25, -0.2) is 9.83 Å². The molecule has 0 saturated heterocycles. The van der Waals surface area contributed by atoms with Crippen LogP contribution in [-0.2, 0) is 0 Å². The van der Waals surface area contributed by atoms with Crippen LogP contribution >= 0.6 is 0 Å². The van der Waals surface area contributed by atoms with E-state index in [0.717, 1.165) is 88.8 Å². The van der Waals surface area contributed by atoms with E-state index in [2.05, 4.69) is 131 Å². The third-order valence-corrected chi connectivity index (χ3v) is 10.0. The van der Waals surface area contributed by atoms with Gasteiger partial charge in [-0.15, -0.1) is 0 Å². The van der Waals surface area contributed by atoms with Gasteiger partial charge < -0.3 is 8.98 Å². The molecular weight excluding hydrogens is 635 g/mol. The molecular formula is C48H29N3O. The second-order valence-corrected chi connectivity index (χ2v) is 13.0. The van der Waals surface area contributed by atoms with Gasteiger partial charge in [-0.05, 0) is 65.2 Å². The van der Waals surface area contributed by atoms with Gasteiger partial charge in [0.05, 0.1) is 29.0 Å². The average Bonchev–Trinajstić information content (AvgIpc) is 3.77. The van der Waals surface area contributed by atoms with E-state index in [1.54, 1.807) is 0 Å². The molecule has 0 saturated carbocycles. The summed E-state index contributed by atoms with van der Waals surface area (Å²) in [5.74, 6) is 0. The summed E-state index contributed by atoms with van der Waals surface area (Å²) in [6.07, 6.45) is 0. The van der Waals surface area contributed by atoms with E-state index in [1.165, 1.54) is 5.39 Å². The van der Waals surface area contributed by atoms with Crippen molar-refractivity contribution in [1.82, 2.24) is 9.55 Å². The number of nitrogens with zero attached hydrogens (tertiary/aromatic N) is 3. The van der Waals surface area contributed by atoms with Gasteiger partial charge in [0.2, 0.25) is 0 Å². The molecule has 0 aliphatic heterocycles. The molecule has 0 atom stereocenters. The maximum atomic E-state index is 7.98. The number of fused-ring (bicyclic) bond motifs is 6. The van der Waals surface area contributed by atoms with E-state index in [4.69, 9.17) is 16.0 Å². The monoisotopic (exact) mass is 663 g/mol. The van der Waals surface area contributed by atoms with Gasteiger partial charge in [0, 0.05) is 43.9 Å². The maximum Gasteiger partial charge on any atom is 0.194 e. The van der Waals surface area contributed by atoms with Crippen molar-refractivity contribution in [3.63, 3.8) is 0 Å². The largest absolute Gasteiger partial charge is 0.455 e. The fourth-order valence-electron chi connectivity index (χ4n) is 7.61. The summed E-state index contributed by atoms with van der Waals surface area (Å²) in [6, 6.07) is 60.7. The van der Waals surface area contributed by atoms with Crippen LogP contribution in [0.25, 0.3) is 99.0 Å². The molecule has 242 valence electrons. The minimum Gasteiger partial charge on any atom is -0.455 e. The van der Waals surface area contributed by atoms with E-state index in [-0.39, 0.29) is 0 Å². The van der Waals surface area contributed by atoms with E-state index < -0.39 is 0 Å². The van der Waals surface area contributed by atoms with Crippen LogP contribution in [0.4, 0.5) is 5.69 Å². The fraction of sp³-hybridized carbons (Fsp3) is 0. The molecule has 52 heavy (non-hydrogen) atoms. The molecule has 3 heterocycles. The first-order chi connectivity index (χ1) is 25.7. The Morgan fingerprint density at radius 3 is 2.02 bits per heavy atom. The molecule has 10 rings (SSSR count). The maximum absolute atomic E-state index is 7.98. The van der Waals surface area contributed by atoms with E-state index in [0.29, 0.717) is 5.69 Å². The number of pyridine rings is 1. The SMILES string of the molecule is [C-]#[N+]c1ccccc1-c1cc(-c2cccc(-c3ccccc3)n2)cc(-n2c3ccccc3c3ccc(-c4cccc5c4oc4ccccc45)cc32)c1. The van der Waals surface area contributed by atoms with Crippen molar-refractivity contribution in [2.45, 2.75) is 0 Å². The third-order valence-electron chi connectivity index (χ3n) is 10.0. The van der Waals surface area contributed by atoms with Crippen molar-refractivity contribution in [2.75, 3.05) is 0 Å². The normalized spacial score (nSPS) is 11.4. The Bertz CT molecular complexity index is 3030. The van der Waals surface area contributed by atoms with Crippen LogP contribution in [0.2, 0.25) is 0 Å². The molecule has 0 aliphatic rings. The molecule has 7 aromatic carbocycles. The summed E-state index contributed by atoms with van der Waals surface area (Å²) in [5.41, 5.74) is 13.3. The number of para-hydroxylation sites is 4. The Morgan fingerprint density at radius 2 is 1.13 bits per heavy atom. The van der Waals surface area contributed by atoms with Gasteiger partial charge in [-0.1, -0.05) is 127 Å². The summed E-state index contributed by atoms with van der Waals surface area (Å²) in [7, 11) is 0. The molecule has 0 fully saturated rings. The van der Waals surface area contributed by atoms with Crippen LogP contribution < -0.4 is 0 Å². The zero-order chi connectivity index (χ0) is 34.6. The van der Waals surface area contributed by atoms with Gasteiger partial charge in [0.15, 0.2) is 5.69 Å². The van der Waals surface area contributed by atoms with Gasteiger partial charge in [-0.3, -0.25) is 0 Å². The first-order valence-corrected chi connectivity index (χ1v) is 17.3. The predicted molar refractivity (Wildman–Crippen MR) is 214 cm³/mol. The number of hydrogen-bond acceptors (Lipinski definition) is 2. The molecule has 0 N–H and O–H groups in total. The Labute approximate surface area is 300 Å². The van der Waals surface area contributed by atoms with Crippen molar-refractivity contribution in [3.8, 4) is 50.5 Å². The molecule has 3 aromatic heterocycles. The number of benzene rings is 7. The summed E-state index contributed by atoms with van der Waals surface area (Å²) >= 11 is 0. The Hall–Kier alpha value is -7.22. The number of aromatic nitrogens is 2. The molecule has 0 bridgehead atoms. The third kappa shape index (κ3) is 4.80. The minimum absolute atomic E-state index is 0.611. The minimum atomic E-state index is 0.611. The first kappa shape index (κ1) is 29.7. The number of furan rings is 1. The second-order valence-electron chi connectivity index (χ2n) is 13.0. The van der Waals surface area contributed by atoms with Crippen LogP contribution in [0.1, 0.15) is 0 Å². The zero-order valence-electron chi connectivity index (χ0n) is 28.0. The standard InChI is InChI=1S/C48H29N3O/c1-49-44-20-8-5-15-36(44)33-27-34(43-22-12-21-42(50-43)31-13-3-2-4-14-31)29-35(28-33)51-45-23-9-6-16-38(45)39-26-25-32(30-46(39)51)37-18-11-19-41-40-17-7-10-24-47(40)52-48(37)41/h2-30H. The van der Waals surface area contributed by atoms with Crippen LogP contribution in [0.3, 0.4) is 0 Å². The summed E-state index contributed by atoms with van der Waals surface area (Å²) in [4.78, 5) is 9.06. The lowest BCUT2D eigenvalue weighted by Crippen LogP contribution is -1.97. The van der Waals surface area contributed by atoms with Crippen LogP contribution in [0.15, 0.2) is 180 Å². The Kier molecular flexibility index (Phi) is 6.84.